The lowest BCUT2D eigenvalue weighted by Crippen LogP contribution is -2.23. The highest BCUT2D eigenvalue weighted by Crippen LogP contribution is 2.25. The Bertz CT molecular complexity index is 944. The van der Waals surface area contributed by atoms with Crippen LogP contribution in [0, 0.1) is 0 Å². The molecule has 0 aliphatic heterocycles. The molecule has 6 heteroatoms. The van der Waals surface area contributed by atoms with Crippen LogP contribution in [0.25, 0.3) is 0 Å². The largest absolute Gasteiger partial charge is 0.399 e. The fourth-order valence-electron chi connectivity index (χ4n) is 2.83. The molecule has 29 heavy (non-hydrogen) atoms. The van der Waals surface area contributed by atoms with Crippen LogP contribution in [-0.4, -0.2) is 13.1 Å². The Morgan fingerprint density at radius 1 is 0.621 bits per heavy atom. The monoisotopic (exact) mass is 386 g/mol. The zero-order chi connectivity index (χ0) is 20.5. The van der Waals surface area contributed by atoms with Gasteiger partial charge in [0.15, 0.2) is 0 Å². The van der Waals surface area contributed by atoms with Crippen LogP contribution < -0.4 is 10.6 Å². The molecule has 3 aromatic rings. The van der Waals surface area contributed by atoms with Crippen molar-refractivity contribution in [2.75, 3.05) is 23.7 Å². The fraction of sp³-hybridized carbons (Fsp3) is 0.217. The third kappa shape index (κ3) is 5.97. The zero-order valence-corrected chi connectivity index (χ0v) is 16.9. The Morgan fingerprint density at radius 2 is 1.00 bits per heavy atom. The van der Waals surface area contributed by atoms with Crippen LogP contribution in [0.4, 0.5) is 34.1 Å². The number of nitrogens with zero attached hydrogens (tertiary/aromatic N) is 5. The topological polar surface area (TPSA) is 78.7 Å². The molecule has 3 aromatic carbocycles. The first-order chi connectivity index (χ1) is 14.2. The van der Waals surface area contributed by atoms with Gasteiger partial charge in [0.05, 0.1) is 22.7 Å². The smallest absolute Gasteiger partial charge is 0.0858 e. The van der Waals surface area contributed by atoms with Gasteiger partial charge in [0.2, 0.25) is 0 Å². The predicted molar refractivity (Wildman–Crippen MR) is 120 cm³/mol. The number of hydrogen-bond acceptors (Lipinski definition) is 6. The van der Waals surface area contributed by atoms with E-state index in [9.17, 15) is 0 Å². The van der Waals surface area contributed by atoms with Crippen molar-refractivity contribution < 1.29 is 0 Å². The molecule has 0 saturated heterocycles. The van der Waals surface area contributed by atoms with Crippen LogP contribution in [0.1, 0.15) is 20.3 Å². The van der Waals surface area contributed by atoms with Gasteiger partial charge >= 0.3 is 0 Å². The summed E-state index contributed by atoms with van der Waals surface area (Å²) in [7, 11) is 0. The highest BCUT2D eigenvalue weighted by atomic mass is 15.1. The van der Waals surface area contributed by atoms with Crippen LogP contribution in [0.3, 0.4) is 0 Å². The maximum absolute atomic E-state index is 5.67. The van der Waals surface area contributed by atoms with Gasteiger partial charge in [-0.3, -0.25) is 0 Å². The minimum Gasteiger partial charge on any atom is -0.399 e. The minimum absolute atomic E-state index is 0.706. The van der Waals surface area contributed by atoms with Crippen LogP contribution >= 0.6 is 0 Å². The van der Waals surface area contributed by atoms with Crippen LogP contribution in [0.5, 0.6) is 0 Å². The average molecular weight is 387 g/mol. The molecular weight excluding hydrogens is 360 g/mol. The Morgan fingerprint density at radius 3 is 1.38 bits per heavy atom. The molecule has 0 aliphatic rings. The zero-order valence-electron chi connectivity index (χ0n) is 16.9. The molecule has 0 amide bonds. The third-order valence-corrected chi connectivity index (χ3v) is 4.39. The van der Waals surface area contributed by atoms with Crippen molar-refractivity contribution in [3.63, 3.8) is 0 Å². The summed E-state index contributed by atoms with van der Waals surface area (Å²) < 4.78 is 0. The molecule has 0 radical (unpaired) electrons. The van der Waals surface area contributed by atoms with Gasteiger partial charge in [0.1, 0.15) is 0 Å². The van der Waals surface area contributed by atoms with E-state index in [1.54, 1.807) is 12.1 Å². The fourth-order valence-corrected chi connectivity index (χ4v) is 2.83. The molecule has 0 fully saturated rings. The van der Waals surface area contributed by atoms with E-state index in [0.29, 0.717) is 5.69 Å². The second kappa shape index (κ2) is 10.1. The maximum atomic E-state index is 5.67. The summed E-state index contributed by atoms with van der Waals surface area (Å²) in [5, 5.41) is 17.0. The van der Waals surface area contributed by atoms with E-state index >= 15 is 0 Å². The lowest BCUT2D eigenvalue weighted by Gasteiger charge is -2.22. The molecule has 148 valence electrons. The molecule has 0 aromatic heterocycles. The molecule has 0 atom stereocenters. The Labute approximate surface area is 171 Å². The molecular formula is C23H26N6. The minimum atomic E-state index is 0.706. The van der Waals surface area contributed by atoms with Gasteiger partial charge in [-0.1, -0.05) is 6.92 Å². The van der Waals surface area contributed by atoms with Crippen molar-refractivity contribution in [2.24, 2.45) is 20.5 Å². The number of rotatable bonds is 8. The lowest BCUT2D eigenvalue weighted by molar-refractivity contribution is 0.792. The number of nitrogen functional groups attached to an aromatic ring is 1. The molecule has 2 N–H and O–H groups in total. The molecule has 0 aliphatic carbocycles. The van der Waals surface area contributed by atoms with Crippen LogP contribution in [0.15, 0.2) is 93.3 Å². The van der Waals surface area contributed by atoms with Crippen molar-refractivity contribution in [1.29, 1.82) is 0 Å². The molecule has 3 rings (SSSR count). The van der Waals surface area contributed by atoms with Crippen molar-refractivity contribution in [3.05, 3.63) is 72.8 Å². The van der Waals surface area contributed by atoms with Gasteiger partial charge in [-0.2, -0.15) is 20.5 Å². The van der Waals surface area contributed by atoms with E-state index in [1.807, 2.05) is 48.5 Å². The molecule has 0 saturated carbocycles. The SMILES string of the molecule is CCCN(CC)c1ccc(N=Nc2ccc(N=Nc3ccc(N)cc3)cc2)cc1. The van der Waals surface area contributed by atoms with E-state index in [1.165, 1.54) is 5.69 Å². The van der Waals surface area contributed by atoms with Crippen LogP contribution in [0.2, 0.25) is 0 Å². The molecule has 0 bridgehead atoms. The molecule has 0 unspecified atom stereocenters. The summed E-state index contributed by atoms with van der Waals surface area (Å²) in [6.07, 6.45) is 1.13. The Kier molecular flexibility index (Phi) is 7.05. The quantitative estimate of drug-likeness (QED) is 0.325. The van der Waals surface area contributed by atoms with Crippen molar-refractivity contribution in [2.45, 2.75) is 20.3 Å². The number of azo groups is 2. The van der Waals surface area contributed by atoms with Gasteiger partial charge in [0, 0.05) is 24.5 Å². The average Bonchev–Trinajstić information content (AvgIpc) is 2.77. The first-order valence-electron chi connectivity index (χ1n) is 9.82. The summed E-state index contributed by atoms with van der Waals surface area (Å²) >= 11 is 0. The van der Waals surface area contributed by atoms with Crippen molar-refractivity contribution >= 4 is 34.1 Å². The Hall–Kier alpha value is -3.54. The van der Waals surface area contributed by atoms with E-state index < -0.39 is 0 Å². The predicted octanol–water partition coefficient (Wildman–Crippen LogP) is 7.34. The van der Waals surface area contributed by atoms with Gasteiger partial charge in [-0.25, -0.2) is 0 Å². The molecule has 0 spiro atoms. The first-order valence-corrected chi connectivity index (χ1v) is 9.82. The molecule has 0 heterocycles. The summed E-state index contributed by atoms with van der Waals surface area (Å²) in [6, 6.07) is 22.9. The highest BCUT2D eigenvalue weighted by molar-refractivity contribution is 5.53. The number of anilines is 2. The summed E-state index contributed by atoms with van der Waals surface area (Å²) in [6.45, 7) is 6.41. The van der Waals surface area contributed by atoms with E-state index in [2.05, 4.69) is 51.3 Å². The van der Waals surface area contributed by atoms with Crippen molar-refractivity contribution in [1.82, 2.24) is 0 Å². The third-order valence-electron chi connectivity index (χ3n) is 4.39. The van der Waals surface area contributed by atoms with Gasteiger partial charge < -0.3 is 10.6 Å². The first kappa shape index (κ1) is 20.2. The number of hydrogen-bond donors (Lipinski definition) is 1. The highest BCUT2D eigenvalue weighted by Gasteiger charge is 2.02. The van der Waals surface area contributed by atoms with Gasteiger partial charge in [0.25, 0.3) is 0 Å². The van der Waals surface area contributed by atoms with Gasteiger partial charge in [-0.15, -0.1) is 0 Å². The summed E-state index contributed by atoms with van der Waals surface area (Å²) in [4.78, 5) is 2.35. The van der Waals surface area contributed by atoms with Crippen molar-refractivity contribution in [3.8, 4) is 0 Å². The van der Waals surface area contributed by atoms with E-state index in [-0.39, 0.29) is 0 Å². The maximum Gasteiger partial charge on any atom is 0.0858 e. The summed E-state index contributed by atoms with van der Waals surface area (Å²) in [5.41, 5.74) is 10.7. The van der Waals surface area contributed by atoms with Crippen LogP contribution in [-0.2, 0) is 0 Å². The van der Waals surface area contributed by atoms with E-state index in [0.717, 1.165) is 42.3 Å². The second-order valence-corrected chi connectivity index (χ2v) is 6.60. The lowest BCUT2D eigenvalue weighted by atomic mass is 10.2. The Balaban J connectivity index is 1.61. The number of nitrogens with two attached hydrogens (primary N) is 1. The number of benzene rings is 3. The summed E-state index contributed by atoms with van der Waals surface area (Å²) in [5.74, 6) is 0. The normalized spacial score (nSPS) is 11.4. The standard InChI is InChI=1S/C23H26N6/c1-3-17-29(4-2)23-15-13-22(14-16-23)28-27-21-11-9-20(10-12-21)26-25-19-7-5-18(24)6-8-19/h5-16H,3-4,17,24H2,1-2H3. The molecule has 6 nitrogen and oxygen atoms in total. The van der Waals surface area contributed by atoms with Gasteiger partial charge in [-0.05, 0) is 86.1 Å². The second-order valence-electron chi connectivity index (χ2n) is 6.60. The van der Waals surface area contributed by atoms with E-state index in [4.69, 9.17) is 5.73 Å².